The molecule has 7 nitrogen and oxygen atoms in total. The Morgan fingerprint density at radius 1 is 1.24 bits per heavy atom. The zero-order chi connectivity index (χ0) is 18.0. The molecule has 0 aromatic heterocycles. The topological polar surface area (TPSA) is 92.6 Å². The molecule has 3 rings (SSSR count). The van der Waals surface area contributed by atoms with Crippen LogP contribution >= 0.6 is 22.6 Å². The minimum absolute atomic E-state index is 0.0822. The Morgan fingerprint density at radius 2 is 1.96 bits per heavy atom. The SMILES string of the molecule is O=C(Nc1ccc(I)cc1)C1CC(=O)N(c2cccc([N+](=O)[O-])c2)C1. The molecule has 128 valence electrons. The Hall–Kier alpha value is -2.49. The number of nitro benzene ring substituents is 1. The van der Waals surface area contributed by atoms with E-state index in [4.69, 9.17) is 0 Å². The molecule has 0 radical (unpaired) electrons. The maximum atomic E-state index is 12.4. The third kappa shape index (κ3) is 3.95. The Labute approximate surface area is 157 Å². The minimum Gasteiger partial charge on any atom is -0.326 e. The van der Waals surface area contributed by atoms with E-state index in [1.54, 1.807) is 18.2 Å². The lowest BCUT2D eigenvalue weighted by Gasteiger charge is -2.16. The summed E-state index contributed by atoms with van der Waals surface area (Å²) in [6, 6.07) is 13.2. The van der Waals surface area contributed by atoms with Crippen molar-refractivity contribution in [1.82, 2.24) is 0 Å². The number of rotatable bonds is 4. The second-order valence-corrected chi connectivity index (χ2v) is 6.92. The third-order valence-electron chi connectivity index (χ3n) is 3.96. The van der Waals surface area contributed by atoms with Gasteiger partial charge in [0.15, 0.2) is 0 Å². The van der Waals surface area contributed by atoms with Gasteiger partial charge in [-0.1, -0.05) is 6.07 Å². The van der Waals surface area contributed by atoms with Crippen LogP contribution in [0.4, 0.5) is 17.1 Å². The molecule has 1 atom stereocenters. The molecule has 2 aromatic carbocycles. The number of carbonyl (C=O) groups excluding carboxylic acids is 2. The molecule has 1 aliphatic rings. The molecule has 1 saturated heterocycles. The summed E-state index contributed by atoms with van der Waals surface area (Å²) in [5.41, 5.74) is 1.02. The molecule has 1 unspecified atom stereocenters. The highest BCUT2D eigenvalue weighted by Gasteiger charge is 2.35. The number of nitro groups is 1. The zero-order valence-corrected chi connectivity index (χ0v) is 15.2. The van der Waals surface area contributed by atoms with Crippen LogP contribution in [0.15, 0.2) is 48.5 Å². The van der Waals surface area contributed by atoms with Gasteiger partial charge in [-0.3, -0.25) is 19.7 Å². The lowest BCUT2D eigenvalue weighted by molar-refractivity contribution is -0.384. The zero-order valence-electron chi connectivity index (χ0n) is 13.0. The van der Waals surface area contributed by atoms with E-state index < -0.39 is 10.8 Å². The van der Waals surface area contributed by atoms with Crippen LogP contribution in [0.2, 0.25) is 0 Å². The quantitative estimate of drug-likeness (QED) is 0.439. The molecule has 2 aromatic rings. The maximum absolute atomic E-state index is 12.4. The fourth-order valence-electron chi connectivity index (χ4n) is 2.68. The van der Waals surface area contributed by atoms with E-state index in [2.05, 4.69) is 27.9 Å². The summed E-state index contributed by atoms with van der Waals surface area (Å²) in [5, 5.41) is 13.7. The normalized spacial score (nSPS) is 16.8. The molecule has 1 fully saturated rings. The molecule has 0 spiro atoms. The van der Waals surface area contributed by atoms with Crippen LogP contribution in [0.5, 0.6) is 0 Å². The summed E-state index contributed by atoms with van der Waals surface area (Å²) in [7, 11) is 0. The molecule has 2 amide bonds. The van der Waals surface area contributed by atoms with Gasteiger partial charge in [-0.2, -0.15) is 0 Å². The molecule has 0 bridgehead atoms. The van der Waals surface area contributed by atoms with Crippen LogP contribution in [-0.4, -0.2) is 23.3 Å². The van der Waals surface area contributed by atoms with Gasteiger partial charge in [-0.15, -0.1) is 0 Å². The number of hydrogen-bond donors (Lipinski definition) is 1. The smallest absolute Gasteiger partial charge is 0.271 e. The van der Waals surface area contributed by atoms with Gasteiger partial charge in [0.25, 0.3) is 5.69 Å². The monoisotopic (exact) mass is 451 g/mol. The predicted octanol–water partition coefficient (Wildman–Crippen LogP) is 3.19. The van der Waals surface area contributed by atoms with E-state index >= 15 is 0 Å². The molecule has 1 aliphatic heterocycles. The molecule has 0 saturated carbocycles. The summed E-state index contributed by atoms with van der Waals surface area (Å²) in [4.78, 5) is 36.4. The van der Waals surface area contributed by atoms with Crippen molar-refractivity contribution >= 4 is 51.5 Å². The lowest BCUT2D eigenvalue weighted by Crippen LogP contribution is -2.28. The number of carbonyl (C=O) groups is 2. The molecule has 1 N–H and O–H groups in total. The van der Waals surface area contributed by atoms with Crippen molar-refractivity contribution in [1.29, 1.82) is 0 Å². The van der Waals surface area contributed by atoms with Crippen LogP contribution in [0.3, 0.4) is 0 Å². The molecule has 0 aliphatic carbocycles. The Morgan fingerprint density at radius 3 is 2.64 bits per heavy atom. The van der Waals surface area contributed by atoms with Crippen molar-refractivity contribution in [2.24, 2.45) is 5.92 Å². The first-order valence-electron chi connectivity index (χ1n) is 7.55. The molecule has 1 heterocycles. The summed E-state index contributed by atoms with van der Waals surface area (Å²) < 4.78 is 1.06. The summed E-state index contributed by atoms with van der Waals surface area (Å²) in [6.07, 6.45) is 0.0822. The van der Waals surface area contributed by atoms with E-state index in [9.17, 15) is 19.7 Å². The minimum atomic E-state index is -0.509. The first-order valence-corrected chi connectivity index (χ1v) is 8.63. The van der Waals surface area contributed by atoms with Gasteiger partial charge >= 0.3 is 0 Å². The van der Waals surface area contributed by atoms with Crippen LogP contribution in [-0.2, 0) is 9.59 Å². The van der Waals surface area contributed by atoms with E-state index in [1.165, 1.54) is 23.1 Å². The molecular weight excluding hydrogens is 437 g/mol. The molecule has 8 heteroatoms. The average molecular weight is 451 g/mol. The number of amides is 2. The maximum Gasteiger partial charge on any atom is 0.271 e. The van der Waals surface area contributed by atoms with Crippen molar-refractivity contribution in [3.63, 3.8) is 0 Å². The molecule has 25 heavy (non-hydrogen) atoms. The second-order valence-electron chi connectivity index (χ2n) is 5.68. The third-order valence-corrected chi connectivity index (χ3v) is 4.68. The van der Waals surface area contributed by atoms with Crippen molar-refractivity contribution in [2.75, 3.05) is 16.8 Å². The number of nitrogens with one attached hydrogen (secondary N) is 1. The van der Waals surface area contributed by atoms with Gasteiger partial charge in [0.05, 0.1) is 16.5 Å². The number of non-ortho nitro benzene ring substituents is 1. The van der Waals surface area contributed by atoms with E-state index in [0.717, 1.165) is 3.57 Å². The van der Waals surface area contributed by atoms with Gasteiger partial charge in [0, 0.05) is 34.4 Å². The van der Waals surface area contributed by atoms with Gasteiger partial charge in [-0.25, -0.2) is 0 Å². The van der Waals surface area contributed by atoms with E-state index in [1.807, 2.05) is 12.1 Å². The highest BCUT2D eigenvalue weighted by molar-refractivity contribution is 14.1. The van der Waals surface area contributed by atoms with Crippen molar-refractivity contribution in [3.8, 4) is 0 Å². The number of anilines is 2. The highest BCUT2D eigenvalue weighted by atomic mass is 127. The van der Waals surface area contributed by atoms with Gasteiger partial charge < -0.3 is 10.2 Å². The fourth-order valence-corrected chi connectivity index (χ4v) is 3.04. The molecular formula is C17H14IN3O4. The lowest BCUT2D eigenvalue weighted by atomic mass is 10.1. The van der Waals surface area contributed by atoms with Crippen molar-refractivity contribution < 1.29 is 14.5 Å². The number of hydrogen-bond acceptors (Lipinski definition) is 4. The van der Waals surface area contributed by atoms with Crippen molar-refractivity contribution in [2.45, 2.75) is 6.42 Å². The summed E-state index contributed by atoms with van der Waals surface area (Å²) in [6.45, 7) is 0.205. The average Bonchev–Trinajstić information content (AvgIpc) is 2.99. The van der Waals surface area contributed by atoms with Crippen LogP contribution in [0.1, 0.15) is 6.42 Å². The van der Waals surface area contributed by atoms with Crippen LogP contribution < -0.4 is 10.2 Å². The first kappa shape index (κ1) is 17.3. The van der Waals surface area contributed by atoms with Crippen LogP contribution in [0, 0.1) is 19.6 Å². The summed E-state index contributed by atoms with van der Waals surface area (Å²) >= 11 is 2.18. The Bertz CT molecular complexity index is 838. The number of nitrogens with zero attached hydrogens (tertiary/aromatic N) is 2. The number of halogens is 1. The Balaban J connectivity index is 1.71. The van der Waals surface area contributed by atoms with Crippen LogP contribution in [0.25, 0.3) is 0 Å². The summed E-state index contributed by atoms with van der Waals surface area (Å²) in [5.74, 6) is -0.947. The van der Waals surface area contributed by atoms with E-state index in [-0.39, 0.29) is 30.5 Å². The first-order chi connectivity index (χ1) is 11.9. The standard InChI is InChI=1S/C17H14IN3O4/c18-12-4-6-13(7-5-12)19-17(23)11-8-16(22)20(10-11)14-2-1-3-15(9-14)21(24)25/h1-7,9,11H,8,10H2,(H,19,23). The second kappa shape index (κ2) is 7.18. The predicted molar refractivity (Wildman–Crippen MR) is 101 cm³/mol. The Kier molecular flexibility index (Phi) is 4.98. The van der Waals surface area contributed by atoms with E-state index in [0.29, 0.717) is 11.4 Å². The largest absolute Gasteiger partial charge is 0.326 e. The van der Waals surface area contributed by atoms with Gasteiger partial charge in [0.2, 0.25) is 11.8 Å². The van der Waals surface area contributed by atoms with Gasteiger partial charge in [0.1, 0.15) is 0 Å². The van der Waals surface area contributed by atoms with Crippen molar-refractivity contribution in [3.05, 3.63) is 62.2 Å². The fraction of sp³-hybridized carbons (Fsp3) is 0.176. The number of benzene rings is 2. The highest BCUT2D eigenvalue weighted by Crippen LogP contribution is 2.28. The van der Waals surface area contributed by atoms with Gasteiger partial charge in [-0.05, 0) is 52.9 Å².